The molecule has 0 bridgehead atoms. The van der Waals surface area contributed by atoms with Gasteiger partial charge in [0, 0.05) is 6.54 Å². The standard InChI is InChI=1S/C15H24N2O4S/c1-3-5-6-11-16-15(18)12-17-22(19,20)14-9-7-13(8-10-14)21-4-2/h7-10,17H,3-6,11-12H2,1-2H3,(H,16,18). The Labute approximate surface area is 132 Å². The summed E-state index contributed by atoms with van der Waals surface area (Å²) in [5.74, 6) is 0.278. The van der Waals surface area contributed by atoms with Crippen molar-refractivity contribution in [1.29, 1.82) is 0 Å². The molecule has 0 heterocycles. The zero-order valence-corrected chi connectivity index (χ0v) is 13.9. The predicted molar refractivity (Wildman–Crippen MR) is 85.3 cm³/mol. The smallest absolute Gasteiger partial charge is 0.241 e. The minimum absolute atomic E-state index is 0.106. The van der Waals surface area contributed by atoms with Gasteiger partial charge in [0.05, 0.1) is 18.0 Å². The Kier molecular flexibility index (Phi) is 7.90. The van der Waals surface area contributed by atoms with Gasteiger partial charge < -0.3 is 10.1 Å². The van der Waals surface area contributed by atoms with Gasteiger partial charge in [-0.1, -0.05) is 19.8 Å². The molecule has 1 aromatic carbocycles. The van der Waals surface area contributed by atoms with Crippen molar-refractivity contribution in [2.24, 2.45) is 0 Å². The van der Waals surface area contributed by atoms with E-state index in [4.69, 9.17) is 4.74 Å². The number of nitrogens with one attached hydrogen (secondary N) is 2. The van der Waals surface area contributed by atoms with Gasteiger partial charge in [-0.25, -0.2) is 13.1 Å². The minimum Gasteiger partial charge on any atom is -0.494 e. The van der Waals surface area contributed by atoms with Gasteiger partial charge in [-0.2, -0.15) is 0 Å². The monoisotopic (exact) mass is 328 g/mol. The maximum atomic E-state index is 12.1. The predicted octanol–water partition coefficient (Wildman–Crippen LogP) is 1.67. The summed E-state index contributed by atoms with van der Waals surface area (Å²) in [5, 5.41) is 2.68. The van der Waals surface area contributed by atoms with Crippen LogP contribution >= 0.6 is 0 Å². The Bertz CT molecular complexity index is 555. The number of sulfonamides is 1. The molecular formula is C15H24N2O4S. The fourth-order valence-electron chi connectivity index (χ4n) is 1.79. The van der Waals surface area contributed by atoms with Crippen molar-refractivity contribution in [3.63, 3.8) is 0 Å². The van der Waals surface area contributed by atoms with Crippen molar-refractivity contribution in [3.05, 3.63) is 24.3 Å². The lowest BCUT2D eigenvalue weighted by molar-refractivity contribution is -0.119. The molecule has 124 valence electrons. The lowest BCUT2D eigenvalue weighted by Crippen LogP contribution is -2.37. The van der Waals surface area contributed by atoms with E-state index in [9.17, 15) is 13.2 Å². The normalized spacial score (nSPS) is 11.2. The number of amides is 1. The first kappa shape index (κ1) is 18.4. The fraction of sp³-hybridized carbons (Fsp3) is 0.533. The molecule has 1 aromatic rings. The molecule has 0 unspecified atom stereocenters. The van der Waals surface area contributed by atoms with Crippen LogP contribution in [0.1, 0.15) is 33.1 Å². The molecule has 0 saturated carbocycles. The lowest BCUT2D eigenvalue weighted by atomic mass is 10.2. The minimum atomic E-state index is -3.69. The van der Waals surface area contributed by atoms with E-state index in [0.29, 0.717) is 18.9 Å². The van der Waals surface area contributed by atoms with E-state index < -0.39 is 10.0 Å². The van der Waals surface area contributed by atoms with Crippen molar-refractivity contribution in [2.75, 3.05) is 19.7 Å². The van der Waals surface area contributed by atoms with Crippen LogP contribution in [0.2, 0.25) is 0 Å². The summed E-state index contributed by atoms with van der Waals surface area (Å²) in [4.78, 5) is 11.7. The highest BCUT2D eigenvalue weighted by Gasteiger charge is 2.15. The number of carbonyl (C=O) groups excluding carboxylic acids is 1. The van der Waals surface area contributed by atoms with E-state index in [2.05, 4.69) is 17.0 Å². The van der Waals surface area contributed by atoms with Crippen molar-refractivity contribution >= 4 is 15.9 Å². The maximum absolute atomic E-state index is 12.1. The van der Waals surface area contributed by atoms with Crippen LogP contribution in [-0.2, 0) is 14.8 Å². The number of ether oxygens (including phenoxy) is 1. The van der Waals surface area contributed by atoms with E-state index in [1.807, 2.05) is 6.92 Å². The molecule has 1 amide bonds. The first-order valence-electron chi connectivity index (χ1n) is 7.48. The molecule has 0 aliphatic rings. The molecule has 0 aliphatic heterocycles. The molecule has 0 fully saturated rings. The molecule has 0 aromatic heterocycles. The van der Waals surface area contributed by atoms with Crippen LogP contribution in [0.25, 0.3) is 0 Å². The molecule has 0 saturated heterocycles. The van der Waals surface area contributed by atoms with E-state index in [1.165, 1.54) is 12.1 Å². The molecule has 2 N–H and O–H groups in total. The van der Waals surface area contributed by atoms with Crippen molar-refractivity contribution in [3.8, 4) is 5.75 Å². The maximum Gasteiger partial charge on any atom is 0.241 e. The summed E-state index contributed by atoms with van der Waals surface area (Å²) < 4.78 is 31.6. The Morgan fingerprint density at radius 2 is 1.82 bits per heavy atom. The highest BCUT2D eigenvalue weighted by atomic mass is 32.2. The Morgan fingerprint density at radius 3 is 2.41 bits per heavy atom. The van der Waals surface area contributed by atoms with E-state index in [0.717, 1.165) is 19.3 Å². The topological polar surface area (TPSA) is 84.5 Å². The van der Waals surface area contributed by atoms with Gasteiger partial charge in [-0.05, 0) is 37.6 Å². The summed E-state index contributed by atoms with van der Waals surface area (Å²) in [6.45, 7) is 4.75. The number of carbonyl (C=O) groups is 1. The summed E-state index contributed by atoms with van der Waals surface area (Å²) >= 11 is 0. The van der Waals surface area contributed by atoms with Gasteiger partial charge in [-0.15, -0.1) is 0 Å². The zero-order chi connectivity index (χ0) is 16.4. The van der Waals surface area contributed by atoms with Crippen LogP contribution in [-0.4, -0.2) is 34.0 Å². The number of benzene rings is 1. The second-order valence-corrected chi connectivity index (χ2v) is 6.55. The quantitative estimate of drug-likeness (QED) is 0.640. The summed E-state index contributed by atoms with van der Waals surface area (Å²) in [5.41, 5.74) is 0. The van der Waals surface area contributed by atoms with Gasteiger partial charge in [0.1, 0.15) is 5.75 Å². The van der Waals surface area contributed by atoms with Gasteiger partial charge in [0.15, 0.2) is 0 Å². The molecule has 6 nitrogen and oxygen atoms in total. The van der Waals surface area contributed by atoms with Crippen LogP contribution in [0.5, 0.6) is 5.75 Å². The second kappa shape index (κ2) is 9.42. The largest absolute Gasteiger partial charge is 0.494 e. The van der Waals surface area contributed by atoms with Crippen LogP contribution in [0.3, 0.4) is 0 Å². The SMILES string of the molecule is CCCCCNC(=O)CNS(=O)(=O)c1ccc(OCC)cc1. The summed E-state index contributed by atoms with van der Waals surface area (Å²) in [6.07, 6.45) is 3.01. The van der Waals surface area contributed by atoms with Gasteiger partial charge in [-0.3, -0.25) is 4.79 Å². The van der Waals surface area contributed by atoms with E-state index in [1.54, 1.807) is 12.1 Å². The van der Waals surface area contributed by atoms with Crippen LogP contribution < -0.4 is 14.8 Å². The molecule has 22 heavy (non-hydrogen) atoms. The highest BCUT2D eigenvalue weighted by Crippen LogP contribution is 2.15. The molecule has 7 heteroatoms. The Hall–Kier alpha value is -1.60. The Balaban J connectivity index is 2.47. The molecule has 0 aliphatic carbocycles. The van der Waals surface area contributed by atoms with Crippen LogP contribution in [0.15, 0.2) is 29.2 Å². The molecule has 0 radical (unpaired) electrons. The fourth-order valence-corrected chi connectivity index (χ4v) is 2.77. The number of unbranched alkanes of at least 4 members (excludes halogenated alkanes) is 2. The van der Waals surface area contributed by atoms with Crippen LogP contribution in [0, 0.1) is 0 Å². The third-order valence-corrected chi connectivity index (χ3v) is 4.39. The van der Waals surface area contributed by atoms with Gasteiger partial charge >= 0.3 is 0 Å². The molecule has 0 atom stereocenters. The highest BCUT2D eigenvalue weighted by molar-refractivity contribution is 7.89. The molecular weight excluding hydrogens is 304 g/mol. The number of rotatable bonds is 10. The number of hydrogen-bond acceptors (Lipinski definition) is 4. The van der Waals surface area contributed by atoms with Gasteiger partial charge in [0.25, 0.3) is 0 Å². The third-order valence-electron chi connectivity index (χ3n) is 2.97. The first-order chi connectivity index (χ1) is 10.5. The van der Waals surface area contributed by atoms with Crippen molar-refractivity contribution in [2.45, 2.75) is 38.0 Å². The average molecular weight is 328 g/mol. The molecule has 1 rings (SSSR count). The number of hydrogen-bond donors (Lipinski definition) is 2. The lowest BCUT2D eigenvalue weighted by Gasteiger charge is -2.08. The second-order valence-electron chi connectivity index (χ2n) is 4.79. The van der Waals surface area contributed by atoms with E-state index in [-0.39, 0.29) is 17.3 Å². The Morgan fingerprint density at radius 1 is 1.14 bits per heavy atom. The summed E-state index contributed by atoms with van der Waals surface area (Å²) in [6, 6.07) is 6.07. The average Bonchev–Trinajstić information content (AvgIpc) is 2.51. The first-order valence-corrected chi connectivity index (χ1v) is 8.97. The van der Waals surface area contributed by atoms with E-state index >= 15 is 0 Å². The van der Waals surface area contributed by atoms with Crippen molar-refractivity contribution in [1.82, 2.24) is 10.0 Å². The zero-order valence-electron chi connectivity index (χ0n) is 13.1. The third kappa shape index (κ3) is 6.44. The molecule has 0 spiro atoms. The van der Waals surface area contributed by atoms with Gasteiger partial charge in [0.2, 0.25) is 15.9 Å². The summed E-state index contributed by atoms with van der Waals surface area (Å²) in [7, 11) is -3.69. The van der Waals surface area contributed by atoms with Crippen molar-refractivity contribution < 1.29 is 17.9 Å². The van der Waals surface area contributed by atoms with Crippen LogP contribution in [0.4, 0.5) is 0 Å².